The molecule has 0 aliphatic heterocycles. The van der Waals surface area contributed by atoms with Gasteiger partial charge in [0.1, 0.15) is 0 Å². The molecule has 0 aromatic carbocycles. The molecule has 0 saturated heterocycles. The van der Waals surface area contributed by atoms with Crippen molar-refractivity contribution in [2.75, 3.05) is 13.7 Å². The fraction of sp³-hybridized carbons (Fsp3) is 0.875. The van der Waals surface area contributed by atoms with E-state index in [-0.39, 0.29) is 11.9 Å². The van der Waals surface area contributed by atoms with Crippen LogP contribution in [0.3, 0.4) is 0 Å². The molecule has 0 atom stereocenters. The Hall–Kier alpha value is -1.06. The largest absolute Gasteiger partial charge is 0.469 e. The zero-order valence-corrected chi connectivity index (χ0v) is 12.6. The lowest BCUT2D eigenvalue weighted by Crippen LogP contribution is -2.35. The quantitative estimate of drug-likeness (QED) is 0.674. The van der Waals surface area contributed by atoms with E-state index in [4.69, 9.17) is 0 Å². The first-order valence-corrected chi connectivity index (χ1v) is 8.07. The minimum Gasteiger partial charge on any atom is -0.469 e. The third-order valence-electron chi connectivity index (χ3n) is 4.58. The smallest absolute Gasteiger partial charge is 0.307 e. The summed E-state index contributed by atoms with van der Waals surface area (Å²) in [6.07, 6.45) is 10.8. The molecular formula is C16H27NO3. The first-order valence-electron chi connectivity index (χ1n) is 8.07. The molecule has 2 fully saturated rings. The SMILES string of the molecule is COC(=O)CCN(C(=O)CCC1CCCCC1)C1CC1. The lowest BCUT2D eigenvalue weighted by atomic mass is 9.86. The maximum Gasteiger partial charge on any atom is 0.307 e. The van der Waals surface area contributed by atoms with Crippen LogP contribution in [0.25, 0.3) is 0 Å². The van der Waals surface area contributed by atoms with Crippen molar-refractivity contribution in [2.45, 2.75) is 70.3 Å². The van der Waals surface area contributed by atoms with Gasteiger partial charge in [0.25, 0.3) is 0 Å². The Morgan fingerprint density at radius 3 is 2.35 bits per heavy atom. The number of rotatable bonds is 7. The molecule has 2 aliphatic carbocycles. The molecule has 0 radical (unpaired) electrons. The summed E-state index contributed by atoms with van der Waals surface area (Å²) in [6, 6.07) is 0.388. The van der Waals surface area contributed by atoms with Gasteiger partial charge in [0.05, 0.1) is 13.5 Å². The van der Waals surface area contributed by atoms with Gasteiger partial charge >= 0.3 is 5.97 Å². The van der Waals surface area contributed by atoms with E-state index in [1.165, 1.54) is 39.2 Å². The van der Waals surface area contributed by atoms with Crippen LogP contribution in [0.4, 0.5) is 0 Å². The van der Waals surface area contributed by atoms with Crippen LogP contribution in [-0.2, 0) is 14.3 Å². The molecule has 0 bridgehead atoms. The zero-order valence-electron chi connectivity index (χ0n) is 12.6. The second-order valence-electron chi connectivity index (χ2n) is 6.19. The normalized spacial score (nSPS) is 19.6. The molecule has 4 nitrogen and oxygen atoms in total. The highest BCUT2D eigenvalue weighted by molar-refractivity contribution is 5.78. The van der Waals surface area contributed by atoms with E-state index >= 15 is 0 Å². The Kier molecular flexibility index (Phi) is 5.86. The highest BCUT2D eigenvalue weighted by atomic mass is 16.5. The van der Waals surface area contributed by atoms with Crippen molar-refractivity contribution in [3.05, 3.63) is 0 Å². The fourth-order valence-corrected chi connectivity index (χ4v) is 3.16. The molecule has 0 unspecified atom stereocenters. The van der Waals surface area contributed by atoms with Crippen LogP contribution in [0.1, 0.15) is 64.2 Å². The first-order chi connectivity index (χ1) is 9.70. The number of carbonyl (C=O) groups excluding carboxylic acids is 2. The summed E-state index contributed by atoms with van der Waals surface area (Å²) in [5.41, 5.74) is 0. The van der Waals surface area contributed by atoms with E-state index in [1.807, 2.05) is 4.90 Å². The fourth-order valence-electron chi connectivity index (χ4n) is 3.16. The predicted octanol–water partition coefficient (Wildman–Crippen LogP) is 2.90. The number of esters is 1. The third-order valence-corrected chi connectivity index (χ3v) is 4.58. The van der Waals surface area contributed by atoms with Crippen molar-refractivity contribution < 1.29 is 14.3 Å². The van der Waals surface area contributed by atoms with E-state index in [9.17, 15) is 9.59 Å². The van der Waals surface area contributed by atoms with E-state index in [1.54, 1.807) is 0 Å². The molecule has 20 heavy (non-hydrogen) atoms. The molecule has 0 spiro atoms. The number of hydrogen-bond acceptors (Lipinski definition) is 3. The second-order valence-corrected chi connectivity index (χ2v) is 6.19. The van der Waals surface area contributed by atoms with Crippen molar-refractivity contribution in [1.29, 1.82) is 0 Å². The van der Waals surface area contributed by atoms with Crippen LogP contribution in [-0.4, -0.2) is 36.5 Å². The van der Waals surface area contributed by atoms with E-state index in [0.29, 0.717) is 25.4 Å². The average molecular weight is 281 g/mol. The van der Waals surface area contributed by atoms with E-state index < -0.39 is 0 Å². The highest BCUT2D eigenvalue weighted by Gasteiger charge is 2.32. The molecule has 0 aromatic heterocycles. The summed E-state index contributed by atoms with van der Waals surface area (Å²) in [6.45, 7) is 0.529. The van der Waals surface area contributed by atoms with Gasteiger partial charge in [0, 0.05) is 19.0 Å². The summed E-state index contributed by atoms with van der Waals surface area (Å²) in [4.78, 5) is 25.5. The van der Waals surface area contributed by atoms with Crippen molar-refractivity contribution in [3.8, 4) is 0 Å². The van der Waals surface area contributed by atoms with Gasteiger partial charge in [0.15, 0.2) is 0 Å². The number of hydrogen-bond donors (Lipinski definition) is 0. The Labute approximate surface area is 121 Å². The minimum atomic E-state index is -0.226. The first kappa shape index (κ1) is 15.3. The average Bonchev–Trinajstić information content (AvgIpc) is 3.31. The Bertz CT molecular complexity index is 333. The van der Waals surface area contributed by atoms with Gasteiger partial charge in [-0.1, -0.05) is 32.1 Å². The molecule has 4 heteroatoms. The van der Waals surface area contributed by atoms with Gasteiger partial charge in [0.2, 0.25) is 5.91 Å². The summed E-state index contributed by atoms with van der Waals surface area (Å²) in [7, 11) is 1.40. The molecular weight excluding hydrogens is 254 g/mol. The number of ether oxygens (including phenoxy) is 1. The van der Waals surface area contributed by atoms with Crippen molar-refractivity contribution in [2.24, 2.45) is 5.92 Å². The zero-order chi connectivity index (χ0) is 14.4. The minimum absolute atomic E-state index is 0.226. The third kappa shape index (κ3) is 4.80. The molecule has 114 valence electrons. The van der Waals surface area contributed by atoms with Crippen molar-refractivity contribution in [1.82, 2.24) is 4.90 Å². The predicted molar refractivity (Wildman–Crippen MR) is 77.2 cm³/mol. The molecule has 2 aliphatic rings. The molecule has 0 heterocycles. The van der Waals surface area contributed by atoms with E-state index in [0.717, 1.165) is 25.2 Å². The molecule has 0 N–H and O–H groups in total. The molecule has 2 rings (SSSR count). The van der Waals surface area contributed by atoms with Crippen LogP contribution in [0.5, 0.6) is 0 Å². The number of amides is 1. The lowest BCUT2D eigenvalue weighted by molar-refractivity contribution is -0.142. The van der Waals surface area contributed by atoms with Crippen LogP contribution >= 0.6 is 0 Å². The van der Waals surface area contributed by atoms with Crippen molar-refractivity contribution >= 4 is 11.9 Å². The summed E-state index contributed by atoms with van der Waals surface area (Å²) >= 11 is 0. The standard InChI is InChI=1S/C16H27NO3/c1-20-16(19)11-12-17(14-8-9-14)15(18)10-7-13-5-3-2-4-6-13/h13-14H,2-12H2,1H3. The van der Waals surface area contributed by atoms with Gasteiger partial charge in [-0.05, 0) is 25.2 Å². The Morgan fingerprint density at radius 2 is 1.75 bits per heavy atom. The molecule has 0 aromatic rings. The maximum atomic E-state index is 12.3. The monoisotopic (exact) mass is 281 g/mol. The topological polar surface area (TPSA) is 46.6 Å². The van der Waals surface area contributed by atoms with Crippen molar-refractivity contribution in [3.63, 3.8) is 0 Å². The van der Waals surface area contributed by atoms with Gasteiger partial charge in [-0.25, -0.2) is 0 Å². The van der Waals surface area contributed by atoms with Crippen LogP contribution in [0.2, 0.25) is 0 Å². The second kappa shape index (κ2) is 7.65. The van der Waals surface area contributed by atoms with Gasteiger partial charge in [-0.3, -0.25) is 9.59 Å². The maximum absolute atomic E-state index is 12.3. The lowest BCUT2D eigenvalue weighted by Gasteiger charge is -2.25. The molecule has 1 amide bonds. The van der Waals surface area contributed by atoms with Crippen LogP contribution < -0.4 is 0 Å². The number of methoxy groups -OCH3 is 1. The van der Waals surface area contributed by atoms with Gasteiger partial charge in [-0.15, -0.1) is 0 Å². The van der Waals surface area contributed by atoms with Crippen LogP contribution in [0, 0.1) is 5.92 Å². The van der Waals surface area contributed by atoms with Gasteiger partial charge in [-0.2, -0.15) is 0 Å². The number of carbonyl (C=O) groups is 2. The Morgan fingerprint density at radius 1 is 1.05 bits per heavy atom. The summed E-state index contributed by atoms with van der Waals surface area (Å²) < 4.78 is 4.66. The summed E-state index contributed by atoms with van der Waals surface area (Å²) in [5.74, 6) is 0.757. The highest BCUT2D eigenvalue weighted by Crippen LogP contribution is 2.30. The summed E-state index contributed by atoms with van der Waals surface area (Å²) in [5, 5.41) is 0. The Balaban J connectivity index is 1.73. The van der Waals surface area contributed by atoms with Gasteiger partial charge < -0.3 is 9.64 Å². The molecule has 2 saturated carbocycles. The van der Waals surface area contributed by atoms with Crippen LogP contribution in [0.15, 0.2) is 0 Å². The van der Waals surface area contributed by atoms with E-state index in [2.05, 4.69) is 4.74 Å². The number of nitrogens with zero attached hydrogens (tertiary/aromatic N) is 1.